The van der Waals surface area contributed by atoms with Crippen LogP contribution in [-0.4, -0.2) is 15.6 Å². The quantitative estimate of drug-likeness (QED) is 0.878. The molecular formula is C14H21N3. The fourth-order valence-electron chi connectivity index (χ4n) is 2.32. The molecule has 0 saturated carbocycles. The van der Waals surface area contributed by atoms with Crippen LogP contribution in [0.25, 0.3) is 11.0 Å². The number of hydrogen-bond acceptors (Lipinski definition) is 2. The number of nitrogens with two attached hydrogens (primary N) is 1. The van der Waals surface area contributed by atoms with Crippen molar-refractivity contribution in [1.29, 1.82) is 0 Å². The Kier molecular flexibility index (Phi) is 3.48. The third kappa shape index (κ3) is 2.50. The van der Waals surface area contributed by atoms with E-state index in [-0.39, 0.29) is 6.04 Å². The first-order valence-electron chi connectivity index (χ1n) is 6.26. The first-order chi connectivity index (χ1) is 8.09. The highest BCUT2D eigenvalue weighted by Crippen LogP contribution is 2.19. The molecule has 1 aromatic carbocycles. The van der Waals surface area contributed by atoms with Crippen molar-refractivity contribution < 1.29 is 0 Å². The summed E-state index contributed by atoms with van der Waals surface area (Å²) in [6, 6.07) is 6.57. The molecule has 0 bridgehead atoms. The third-order valence-electron chi connectivity index (χ3n) is 3.25. The summed E-state index contributed by atoms with van der Waals surface area (Å²) < 4.78 is 2.21. The van der Waals surface area contributed by atoms with Crippen molar-refractivity contribution in [2.24, 2.45) is 12.8 Å². The Labute approximate surface area is 103 Å². The van der Waals surface area contributed by atoms with Gasteiger partial charge in [0.25, 0.3) is 0 Å². The number of benzene rings is 1. The lowest BCUT2D eigenvalue weighted by molar-refractivity contribution is 0.607. The number of rotatable bonds is 4. The Morgan fingerprint density at radius 1 is 1.41 bits per heavy atom. The van der Waals surface area contributed by atoms with Crippen molar-refractivity contribution in [1.82, 2.24) is 9.55 Å². The van der Waals surface area contributed by atoms with Crippen LogP contribution in [-0.2, 0) is 13.5 Å². The molecule has 1 aromatic heterocycles. The minimum absolute atomic E-state index is 0.284. The fraction of sp³-hybridized carbons (Fsp3) is 0.500. The maximum atomic E-state index is 5.77. The van der Waals surface area contributed by atoms with Gasteiger partial charge in [-0.1, -0.05) is 12.1 Å². The maximum Gasteiger partial charge on any atom is 0.109 e. The van der Waals surface area contributed by atoms with Crippen molar-refractivity contribution in [2.45, 2.75) is 39.2 Å². The highest BCUT2D eigenvalue weighted by atomic mass is 15.1. The fourth-order valence-corrected chi connectivity index (χ4v) is 2.32. The molecule has 1 unspecified atom stereocenters. The van der Waals surface area contributed by atoms with Crippen molar-refractivity contribution >= 4 is 11.0 Å². The summed E-state index contributed by atoms with van der Waals surface area (Å²) in [5.74, 6) is 1.16. The van der Waals surface area contributed by atoms with Gasteiger partial charge in [-0.25, -0.2) is 4.98 Å². The molecule has 0 fully saturated rings. The smallest absolute Gasteiger partial charge is 0.109 e. The normalized spacial score (nSPS) is 13.2. The third-order valence-corrected chi connectivity index (χ3v) is 3.25. The molecule has 1 atom stereocenters. The molecule has 0 aliphatic heterocycles. The molecule has 2 aromatic rings. The van der Waals surface area contributed by atoms with E-state index in [9.17, 15) is 0 Å². The summed E-state index contributed by atoms with van der Waals surface area (Å²) in [4.78, 5) is 4.69. The Bertz CT molecular complexity index is 511. The van der Waals surface area contributed by atoms with Crippen LogP contribution in [0.5, 0.6) is 0 Å². The van der Waals surface area contributed by atoms with Crippen molar-refractivity contribution in [2.75, 3.05) is 0 Å². The van der Waals surface area contributed by atoms with E-state index >= 15 is 0 Å². The maximum absolute atomic E-state index is 5.77. The first-order valence-corrected chi connectivity index (χ1v) is 6.26. The topological polar surface area (TPSA) is 43.8 Å². The van der Waals surface area contributed by atoms with Crippen LogP contribution in [0.2, 0.25) is 0 Å². The van der Waals surface area contributed by atoms with Crippen LogP contribution < -0.4 is 5.73 Å². The second-order valence-electron chi connectivity index (χ2n) is 4.90. The summed E-state index contributed by atoms with van der Waals surface area (Å²) in [6.45, 7) is 4.19. The van der Waals surface area contributed by atoms with Gasteiger partial charge in [0.15, 0.2) is 0 Å². The van der Waals surface area contributed by atoms with E-state index in [1.54, 1.807) is 0 Å². The molecule has 0 radical (unpaired) electrons. The van der Waals surface area contributed by atoms with Gasteiger partial charge in [-0.15, -0.1) is 0 Å². The number of imidazole rings is 1. The lowest BCUT2D eigenvalue weighted by Gasteiger charge is -2.05. The van der Waals surface area contributed by atoms with E-state index < -0.39 is 0 Å². The van der Waals surface area contributed by atoms with Gasteiger partial charge in [-0.05, 0) is 38.3 Å². The molecule has 0 spiro atoms. The van der Waals surface area contributed by atoms with Gasteiger partial charge < -0.3 is 10.3 Å². The van der Waals surface area contributed by atoms with Gasteiger partial charge in [0, 0.05) is 19.5 Å². The molecule has 0 amide bonds. The van der Waals surface area contributed by atoms with E-state index in [1.807, 2.05) is 0 Å². The predicted octanol–water partition coefficient (Wildman–Crippen LogP) is 2.55. The lowest BCUT2D eigenvalue weighted by atomic mass is 10.1. The SMILES string of the molecule is Cc1cccc2nc(CCCC(C)N)n(C)c12. The molecule has 17 heavy (non-hydrogen) atoms. The van der Waals surface area contributed by atoms with E-state index in [0.717, 1.165) is 30.6 Å². The van der Waals surface area contributed by atoms with Crippen LogP contribution >= 0.6 is 0 Å². The number of aryl methyl sites for hydroxylation is 3. The highest BCUT2D eigenvalue weighted by Gasteiger charge is 2.09. The van der Waals surface area contributed by atoms with E-state index in [4.69, 9.17) is 10.7 Å². The van der Waals surface area contributed by atoms with Crippen LogP contribution in [0.3, 0.4) is 0 Å². The number of nitrogens with zero attached hydrogens (tertiary/aromatic N) is 2. The number of aromatic nitrogens is 2. The van der Waals surface area contributed by atoms with Crippen LogP contribution in [0.1, 0.15) is 31.2 Å². The van der Waals surface area contributed by atoms with E-state index in [0.29, 0.717) is 0 Å². The number of hydrogen-bond donors (Lipinski definition) is 1. The molecule has 0 aliphatic carbocycles. The van der Waals surface area contributed by atoms with Gasteiger partial charge in [0.2, 0.25) is 0 Å². The highest BCUT2D eigenvalue weighted by molar-refractivity contribution is 5.79. The zero-order valence-electron chi connectivity index (χ0n) is 10.9. The molecule has 3 nitrogen and oxygen atoms in total. The minimum Gasteiger partial charge on any atom is -0.331 e. The Morgan fingerprint density at radius 3 is 2.82 bits per heavy atom. The largest absolute Gasteiger partial charge is 0.331 e. The van der Waals surface area contributed by atoms with Gasteiger partial charge >= 0.3 is 0 Å². The molecule has 1 heterocycles. The van der Waals surface area contributed by atoms with E-state index in [2.05, 4.69) is 43.7 Å². The summed E-state index contributed by atoms with van der Waals surface area (Å²) in [7, 11) is 2.10. The van der Waals surface area contributed by atoms with Gasteiger partial charge in [0.05, 0.1) is 11.0 Å². The first kappa shape index (κ1) is 12.1. The Morgan fingerprint density at radius 2 is 2.18 bits per heavy atom. The standard InChI is InChI=1S/C14H21N3/c1-10-6-4-8-12-14(10)17(3)13(16-12)9-5-7-11(2)15/h4,6,8,11H,5,7,9,15H2,1-3H3. The molecule has 3 heteroatoms. The molecule has 2 rings (SSSR count). The zero-order chi connectivity index (χ0) is 12.4. The zero-order valence-corrected chi connectivity index (χ0v) is 10.9. The van der Waals surface area contributed by atoms with Crippen molar-refractivity contribution in [3.8, 4) is 0 Å². The summed E-state index contributed by atoms with van der Waals surface area (Å²) >= 11 is 0. The molecule has 0 saturated heterocycles. The minimum atomic E-state index is 0.284. The van der Waals surface area contributed by atoms with Gasteiger partial charge in [0.1, 0.15) is 5.82 Å². The van der Waals surface area contributed by atoms with Crippen LogP contribution in [0, 0.1) is 6.92 Å². The lowest BCUT2D eigenvalue weighted by Crippen LogP contribution is -2.14. The van der Waals surface area contributed by atoms with Crippen molar-refractivity contribution in [3.05, 3.63) is 29.6 Å². The van der Waals surface area contributed by atoms with E-state index in [1.165, 1.54) is 11.1 Å². The molecule has 0 aliphatic rings. The molecule has 92 valence electrons. The van der Waals surface area contributed by atoms with Gasteiger partial charge in [-0.2, -0.15) is 0 Å². The van der Waals surface area contributed by atoms with Gasteiger partial charge in [-0.3, -0.25) is 0 Å². The second-order valence-corrected chi connectivity index (χ2v) is 4.90. The van der Waals surface area contributed by atoms with Crippen molar-refractivity contribution in [3.63, 3.8) is 0 Å². The van der Waals surface area contributed by atoms with Crippen LogP contribution in [0.15, 0.2) is 18.2 Å². The number of fused-ring (bicyclic) bond motifs is 1. The average molecular weight is 231 g/mol. The Balaban J connectivity index is 2.24. The monoisotopic (exact) mass is 231 g/mol. The van der Waals surface area contributed by atoms with Crippen LogP contribution in [0.4, 0.5) is 0 Å². The molecular weight excluding hydrogens is 210 g/mol. The Hall–Kier alpha value is -1.35. The summed E-state index contributed by atoms with van der Waals surface area (Å²) in [6.07, 6.45) is 3.17. The summed E-state index contributed by atoms with van der Waals surface area (Å²) in [5, 5.41) is 0. The molecule has 2 N–H and O–H groups in total. The second kappa shape index (κ2) is 4.88. The number of para-hydroxylation sites is 1. The predicted molar refractivity (Wildman–Crippen MR) is 72.0 cm³/mol. The average Bonchev–Trinajstić information content (AvgIpc) is 2.57. The summed E-state index contributed by atoms with van der Waals surface area (Å²) in [5.41, 5.74) is 9.41.